The van der Waals surface area contributed by atoms with E-state index in [1.807, 2.05) is 0 Å². The average molecular weight is 211 g/mol. The summed E-state index contributed by atoms with van der Waals surface area (Å²) in [7, 11) is 0. The van der Waals surface area contributed by atoms with E-state index in [1.54, 1.807) is 18.2 Å². The van der Waals surface area contributed by atoms with Crippen LogP contribution in [-0.2, 0) is 11.2 Å². The molecule has 0 atom stereocenters. The zero-order chi connectivity index (χ0) is 11.8. The molecule has 0 saturated heterocycles. The maximum Gasteiger partial charge on any atom is 0.336 e. The number of aromatic hydroxyl groups is 1. The fourth-order valence-corrected chi connectivity index (χ4v) is 0.816. The summed E-state index contributed by atoms with van der Waals surface area (Å²) in [6, 6.07) is 6.29. The van der Waals surface area contributed by atoms with Gasteiger partial charge in [-0.15, -0.1) is 0 Å². The fourth-order valence-electron chi connectivity index (χ4n) is 0.816. The van der Waals surface area contributed by atoms with Crippen LogP contribution in [0.1, 0.15) is 5.56 Å². The Balaban J connectivity index is 0.000000423. The second-order valence-corrected chi connectivity index (χ2v) is 2.68. The minimum absolute atomic E-state index is 0.00306. The first-order chi connectivity index (χ1) is 6.93. The number of phenols is 1. The van der Waals surface area contributed by atoms with E-state index in [9.17, 15) is 9.90 Å². The Morgan fingerprint density at radius 1 is 1.40 bits per heavy atom. The van der Waals surface area contributed by atoms with Gasteiger partial charge in [0.25, 0.3) is 0 Å². The molecule has 0 saturated carbocycles. The highest BCUT2D eigenvalue weighted by molar-refractivity contribution is 5.69. The first-order valence-corrected chi connectivity index (χ1v) is 4.03. The molecule has 0 aliphatic carbocycles. The number of carboxylic acids is 1. The molecule has 7 N–H and O–H groups in total. The van der Waals surface area contributed by atoms with E-state index in [0.29, 0.717) is 5.56 Å². The normalized spacial score (nSPS) is 8.53. The lowest BCUT2D eigenvalue weighted by molar-refractivity contribution is -0.304. The third-order valence-electron chi connectivity index (χ3n) is 1.33. The van der Waals surface area contributed by atoms with Crippen molar-refractivity contribution in [3.05, 3.63) is 29.8 Å². The molecule has 1 rings (SSSR count). The Labute approximate surface area is 86.6 Å². The minimum Gasteiger partial charge on any atom is -0.550 e. The van der Waals surface area contributed by atoms with Crippen LogP contribution < -0.4 is 22.0 Å². The van der Waals surface area contributed by atoms with Gasteiger partial charge >= 0.3 is 5.96 Å². The van der Waals surface area contributed by atoms with Crippen molar-refractivity contribution in [1.29, 1.82) is 0 Å². The second kappa shape index (κ2) is 6.25. The smallest absolute Gasteiger partial charge is 0.336 e. The maximum atomic E-state index is 10.1. The molecule has 0 unspecified atom stereocenters. The van der Waals surface area contributed by atoms with Crippen LogP contribution in [0.15, 0.2) is 24.3 Å². The van der Waals surface area contributed by atoms with Crippen LogP contribution in [0.4, 0.5) is 0 Å². The van der Waals surface area contributed by atoms with Gasteiger partial charge in [-0.3, -0.25) is 16.9 Å². The number of hydrogen-bond acceptors (Lipinski definition) is 3. The van der Waals surface area contributed by atoms with Gasteiger partial charge in [-0.2, -0.15) is 0 Å². The van der Waals surface area contributed by atoms with Gasteiger partial charge in [-0.1, -0.05) is 18.2 Å². The molecule has 0 aliphatic rings. The quantitative estimate of drug-likeness (QED) is 0.300. The number of benzene rings is 1. The van der Waals surface area contributed by atoms with Crippen molar-refractivity contribution in [3.8, 4) is 5.75 Å². The van der Waals surface area contributed by atoms with E-state index >= 15 is 0 Å². The third-order valence-corrected chi connectivity index (χ3v) is 1.33. The number of aliphatic carboxylic acids is 1. The SMILES string of the molecule is NC(N)=[NH2+].O=C([O-])Cc1ccccc1O. The Hall–Kier alpha value is -2.24. The number of guanidine groups is 1. The number of carboxylic acid groups (broad SMARTS) is 1. The lowest BCUT2D eigenvalue weighted by atomic mass is 10.1. The summed E-state index contributed by atoms with van der Waals surface area (Å²) in [6.07, 6.45) is -0.243. The predicted octanol–water partition coefficient (Wildman–Crippen LogP) is -3.30. The molecule has 6 nitrogen and oxygen atoms in total. The number of nitrogens with two attached hydrogens (primary N) is 3. The van der Waals surface area contributed by atoms with E-state index in [-0.39, 0.29) is 18.1 Å². The Morgan fingerprint density at radius 2 is 1.87 bits per heavy atom. The summed E-state index contributed by atoms with van der Waals surface area (Å²) in [6.45, 7) is 0. The van der Waals surface area contributed by atoms with E-state index in [4.69, 9.17) is 5.11 Å². The summed E-state index contributed by atoms with van der Waals surface area (Å²) in [5.74, 6) is -1.27. The molecule has 0 amide bonds. The lowest BCUT2D eigenvalue weighted by Crippen LogP contribution is -2.51. The number of phenolic OH excluding ortho intramolecular Hbond substituents is 1. The summed E-state index contributed by atoms with van der Waals surface area (Å²) in [5, 5.41) is 23.8. The molecule has 0 spiro atoms. The first-order valence-electron chi connectivity index (χ1n) is 4.03. The van der Waals surface area contributed by atoms with Crippen molar-refractivity contribution in [2.75, 3.05) is 0 Å². The van der Waals surface area contributed by atoms with Gasteiger partial charge < -0.3 is 15.0 Å². The van der Waals surface area contributed by atoms with Gasteiger partial charge in [-0.05, 0) is 11.6 Å². The molecule has 0 aromatic heterocycles. The Kier molecular flexibility index (Phi) is 5.32. The summed E-state index contributed by atoms with van der Waals surface area (Å²) in [5.41, 5.74) is 9.55. The van der Waals surface area contributed by atoms with Crippen molar-refractivity contribution in [2.45, 2.75) is 6.42 Å². The average Bonchev–Trinajstić information content (AvgIpc) is 2.07. The van der Waals surface area contributed by atoms with Gasteiger partial charge in [0.2, 0.25) is 0 Å². The standard InChI is InChI=1S/C8H8O3.CH5N3/c9-7-4-2-1-3-6(7)5-8(10)11;2-1(3)4/h1-4,9H,5H2,(H,10,11);(H5,2,3,4). The number of rotatable bonds is 2. The topological polar surface area (TPSA) is 138 Å². The number of carbonyl (C=O) groups is 1. The monoisotopic (exact) mass is 211 g/mol. The highest BCUT2D eigenvalue weighted by Crippen LogP contribution is 2.15. The Morgan fingerprint density at radius 3 is 2.27 bits per heavy atom. The highest BCUT2D eigenvalue weighted by Gasteiger charge is 1.97. The zero-order valence-electron chi connectivity index (χ0n) is 8.01. The molecule has 0 aliphatic heterocycles. The van der Waals surface area contributed by atoms with Crippen molar-refractivity contribution >= 4 is 11.9 Å². The van der Waals surface area contributed by atoms with Gasteiger partial charge in [-0.25, -0.2) is 0 Å². The zero-order valence-corrected chi connectivity index (χ0v) is 8.01. The minimum atomic E-state index is -1.19. The van der Waals surface area contributed by atoms with Crippen LogP contribution in [-0.4, -0.2) is 17.0 Å². The summed E-state index contributed by atoms with van der Waals surface area (Å²) < 4.78 is 0. The van der Waals surface area contributed by atoms with Crippen molar-refractivity contribution < 1.29 is 20.4 Å². The lowest BCUT2D eigenvalue weighted by Gasteiger charge is -2.03. The van der Waals surface area contributed by atoms with Crippen molar-refractivity contribution in [1.82, 2.24) is 0 Å². The van der Waals surface area contributed by atoms with Crippen molar-refractivity contribution in [3.63, 3.8) is 0 Å². The van der Waals surface area contributed by atoms with Crippen LogP contribution in [0.25, 0.3) is 0 Å². The third kappa shape index (κ3) is 6.88. The van der Waals surface area contributed by atoms with Gasteiger partial charge in [0.1, 0.15) is 5.75 Å². The molecular formula is C9H13N3O3. The van der Waals surface area contributed by atoms with Crippen molar-refractivity contribution in [2.24, 2.45) is 11.5 Å². The summed E-state index contributed by atoms with van der Waals surface area (Å²) in [4.78, 5) is 10.1. The van der Waals surface area contributed by atoms with Gasteiger partial charge in [0.05, 0.1) is 0 Å². The van der Waals surface area contributed by atoms with Crippen LogP contribution in [0, 0.1) is 0 Å². The predicted molar refractivity (Wildman–Crippen MR) is 52.1 cm³/mol. The van der Waals surface area contributed by atoms with Gasteiger partial charge in [0.15, 0.2) is 0 Å². The molecule has 0 radical (unpaired) electrons. The largest absolute Gasteiger partial charge is 0.550 e. The molecule has 15 heavy (non-hydrogen) atoms. The van der Waals surface area contributed by atoms with Crippen LogP contribution >= 0.6 is 0 Å². The van der Waals surface area contributed by atoms with Gasteiger partial charge in [0, 0.05) is 12.4 Å². The molecule has 0 heterocycles. The molecule has 1 aromatic rings. The Bertz CT molecular complexity index is 348. The van der Waals surface area contributed by atoms with Crippen LogP contribution in [0.3, 0.4) is 0 Å². The number of para-hydroxylation sites is 1. The fraction of sp³-hybridized carbons (Fsp3) is 0.111. The first kappa shape index (κ1) is 12.8. The molecule has 0 bridgehead atoms. The molecule has 0 fully saturated rings. The number of carbonyl (C=O) groups excluding carboxylic acids is 1. The highest BCUT2D eigenvalue weighted by atomic mass is 16.4. The molecule has 1 aromatic carbocycles. The molecule has 82 valence electrons. The molecule has 6 heteroatoms. The van der Waals surface area contributed by atoms with E-state index < -0.39 is 5.97 Å². The van der Waals surface area contributed by atoms with E-state index in [1.165, 1.54) is 6.07 Å². The maximum absolute atomic E-state index is 10.1. The van der Waals surface area contributed by atoms with E-state index in [2.05, 4.69) is 16.9 Å². The second-order valence-electron chi connectivity index (χ2n) is 2.68. The summed E-state index contributed by atoms with van der Waals surface area (Å²) >= 11 is 0. The van der Waals surface area contributed by atoms with E-state index in [0.717, 1.165) is 0 Å². The molecular weight excluding hydrogens is 198 g/mol. The van der Waals surface area contributed by atoms with Crippen LogP contribution in [0.5, 0.6) is 5.75 Å². The van der Waals surface area contributed by atoms with Crippen LogP contribution in [0.2, 0.25) is 0 Å². The number of hydrogen-bond donors (Lipinski definition) is 4.